The highest BCUT2D eigenvalue weighted by molar-refractivity contribution is 5.48. The Balaban J connectivity index is 1.77. The van der Waals surface area contributed by atoms with E-state index in [0.717, 1.165) is 26.1 Å². The molecule has 0 bridgehead atoms. The Bertz CT molecular complexity index is 395. The van der Waals surface area contributed by atoms with Crippen molar-refractivity contribution in [1.82, 2.24) is 4.90 Å². The van der Waals surface area contributed by atoms with Gasteiger partial charge in [0.25, 0.3) is 0 Å². The van der Waals surface area contributed by atoms with E-state index < -0.39 is 0 Å². The largest absolute Gasteiger partial charge is 0.396 e. The van der Waals surface area contributed by atoms with E-state index in [-0.39, 0.29) is 0 Å². The maximum Gasteiger partial charge on any atom is 0.0472 e. The van der Waals surface area contributed by atoms with E-state index in [1.54, 1.807) is 0 Å². The number of nitrogens with zero attached hydrogens (tertiary/aromatic N) is 2. The standard InChI is InChI=1S/C15H22N2O/c1-12-15-9-13(11-18)10-16(15)7-8-17(12)14-5-3-2-4-6-14/h2-6,12-13,15,18H,7-11H2,1H3. The van der Waals surface area contributed by atoms with Gasteiger partial charge in [-0.05, 0) is 31.4 Å². The number of anilines is 1. The van der Waals surface area contributed by atoms with Gasteiger partial charge in [-0.25, -0.2) is 0 Å². The summed E-state index contributed by atoms with van der Waals surface area (Å²) in [7, 11) is 0. The van der Waals surface area contributed by atoms with E-state index in [4.69, 9.17) is 0 Å². The molecule has 3 rings (SSSR count). The SMILES string of the molecule is CC1C2CC(CO)CN2CCN1c1ccccc1. The average molecular weight is 246 g/mol. The summed E-state index contributed by atoms with van der Waals surface area (Å²) in [5.74, 6) is 0.480. The topological polar surface area (TPSA) is 26.7 Å². The minimum Gasteiger partial charge on any atom is -0.396 e. The lowest BCUT2D eigenvalue weighted by atomic mass is 9.99. The number of aliphatic hydroxyl groups is 1. The van der Waals surface area contributed by atoms with Crippen LogP contribution in [0.4, 0.5) is 5.69 Å². The molecule has 1 N–H and O–H groups in total. The van der Waals surface area contributed by atoms with Gasteiger partial charge in [0.05, 0.1) is 0 Å². The molecule has 0 spiro atoms. The van der Waals surface area contributed by atoms with Gasteiger partial charge >= 0.3 is 0 Å². The average Bonchev–Trinajstić information content (AvgIpc) is 2.84. The summed E-state index contributed by atoms with van der Waals surface area (Å²) in [6.45, 7) is 5.96. The van der Waals surface area contributed by atoms with Crippen molar-refractivity contribution in [3.63, 3.8) is 0 Å². The molecule has 2 saturated heterocycles. The number of rotatable bonds is 2. The molecule has 0 amide bonds. The first kappa shape index (κ1) is 12.0. The second-order valence-electron chi connectivity index (χ2n) is 5.62. The van der Waals surface area contributed by atoms with Crippen molar-refractivity contribution in [2.45, 2.75) is 25.4 Å². The first-order valence-corrected chi connectivity index (χ1v) is 6.96. The lowest BCUT2D eigenvalue weighted by Gasteiger charge is -2.44. The van der Waals surface area contributed by atoms with Crippen LogP contribution in [0.2, 0.25) is 0 Å². The van der Waals surface area contributed by atoms with Crippen molar-refractivity contribution in [1.29, 1.82) is 0 Å². The molecule has 1 aromatic rings. The van der Waals surface area contributed by atoms with Gasteiger partial charge in [0, 0.05) is 44.0 Å². The summed E-state index contributed by atoms with van der Waals surface area (Å²) in [5.41, 5.74) is 1.33. The van der Waals surface area contributed by atoms with Crippen LogP contribution in [0.25, 0.3) is 0 Å². The molecule has 1 aromatic carbocycles. The zero-order chi connectivity index (χ0) is 12.5. The molecule has 3 unspecified atom stereocenters. The van der Waals surface area contributed by atoms with Crippen LogP contribution in [-0.4, -0.2) is 48.3 Å². The highest BCUT2D eigenvalue weighted by atomic mass is 16.3. The van der Waals surface area contributed by atoms with Crippen LogP contribution in [0, 0.1) is 5.92 Å². The molecule has 2 aliphatic heterocycles. The molecule has 0 saturated carbocycles. The molecule has 18 heavy (non-hydrogen) atoms. The van der Waals surface area contributed by atoms with E-state index in [1.807, 2.05) is 0 Å². The van der Waals surface area contributed by atoms with E-state index in [1.165, 1.54) is 5.69 Å². The van der Waals surface area contributed by atoms with Crippen molar-refractivity contribution >= 4 is 5.69 Å². The fourth-order valence-electron chi connectivity index (χ4n) is 3.55. The number of hydrogen-bond acceptors (Lipinski definition) is 3. The van der Waals surface area contributed by atoms with Gasteiger partial charge in [0.15, 0.2) is 0 Å². The van der Waals surface area contributed by atoms with E-state index >= 15 is 0 Å². The van der Waals surface area contributed by atoms with Crippen LogP contribution in [-0.2, 0) is 0 Å². The minimum absolute atomic E-state index is 0.338. The molecule has 98 valence electrons. The second-order valence-corrected chi connectivity index (χ2v) is 5.62. The molecular formula is C15H22N2O. The highest BCUT2D eigenvalue weighted by Gasteiger charge is 2.40. The number of hydrogen-bond donors (Lipinski definition) is 1. The van der Waals surface area contributed by atoms with Crippen LogP contribution in [0.3, 0.4) is 0 Å². The third kappa shape index (κ3) is 2.02. The van der Waals surface area contributed by atoms with Gasteiger partial charge in [-0.2, -0.15) is 0 Å². The maximum atomic E-state index is 9.34. The Morgan fingerprint density at radius 3 is 2.72 bits per heavy atom. The zero-order valence-corrected chi connectivity index (χ0v) is 11.0. The van der Waals surface area contributed by atoms with Crippen molar-refractivity contribution in [2.75, 3.05) is 31.1 Å². The van der Waals surface area contributed by atoms with Crippen molar-refractivity contribution in [3.05, 3.63) is 30.3 Å². The van der Waals surface area contributed by atoms with Gasteiger partial charge in [0.2, 0.25) is 0 Å². The first-order valence-electron chi connectivity index (χ1n) is 6.96. The van der Waals surface area contributed by atoms with Crippen LogP contribution in [0.1, 0.15) is 13.3 Å². The third-order valence-electron chi connectivity index (χ3n) is 4.56. The maximum absolute atomic E-state index is 9.34. The van der Waals surface area contributed by atoms with Crippen LogP contribution in [0.5, 0.6) is 0 Å². The Kier molecular flexibility index (Phi) is 3.27. The predicted octanol–water partition coefficient (Wildman–Crippen LogP) is 1.58. The Hall–Kier alpha value is -1.06. The number of benzene rings is 1. The van der Waals surface area contributed by atoms with Gasteiger partial charge in [0.1, 0.15) is 0 Å². The smallest absolute Gasteiger partial charge is 0.0472 e. The van der Waals surface area contributed by atoms with E-state index in [0.29, 0.717) is 24.6 Å². The fraction of sp³-hybridized carbons (Fsp3) is 0.600. The summed E-state index contributed by atoms with van der Waals surface area (Å²) in [5, 5.41) is 9.34. The summed E-state index contributed by atoms with van der Waals surface area (Å²) >= 11 is 0. The molecule has 0 aromatic heterocycles. The molecule has 0 aliphatic carbocycles. The Labute approximate surface area is 109 Å². The van der Waals surface area contributed by atoms with Gasteiger partial charge in [-0.15, -0.1) is 0 Å². The van der Waals surface area contributed by atoms with Gasteiger partial charge < -0.3 is 10.0 Å². The lowest BCUT2D eigenvalue weighted by molar-refractivity contribution is 0.187. The molecule has 3 heteroatoms. The van der Waals surface area contributed by atoms with Gasteiger partial charge in [-0.1, -0.05) is 18.2 Å². The van der Waals surface area contributed by atoms with E-state index in [2.05, 4.69) is 47.1 Å². The van der Waals surface area contributed by atoms with Crippen molar-refractivity contribution in [2.24, 2.45) is 5.92 Å². The normalized spacial score (nSPS) is 32.6. The van der Waals surface area contributed by atoms with Crippen LogP contribution >= 0.6 is 0 Å². The van der Waals surface area contributed by atoms with Crippen molar-refractivity contribution in [3.8, 4) is 0 Å². The molecule has 0 radical (unpaired) electrons. The summed E-state index contributed by atoms with van der Waals surface area (Å²) in [4.78, 5) is 5.08. The second kappa shape index (κ2) is 4.90. The molecule has 2 aliphatic rings. The fourth-order valence-corrected chi connectivity index (χ4v) is 3.55. The van der Waals surface area contributed by atoms with Crippen molar-refractivity contribution < 1.29 is 5.11 Å². The van der Waals surface area contributed by atoms with E-state index in [9.17, 15) is 5.11 Å². The monoisotopic (exact) mass is 246 g/mol. The summed E-state index contributed by atoms with van der Waals surface area (Å²) < 4.78 is 0. The minimum atomic E-state index is 0.338. The molecule has 2 heterocycles. The molecule has 3 atom stereocenters. The molecule has 2 fully saturated rings. The number of fused-ring (bicyclic) bond motifs is 1. The first-order chi connectivity index (χ1) is 8.79. The third-order valence-corrected chi connectivity index (χ3v) is 4.56. The van der Waals surface area contributed by atoms with Crippen LogP contribution in [0.15, 0.2) is 30.3 Å². The van der Waals surface area contributed by atoms with Gasteiger partial charge in [-0.3, -0.25) is 4.90 Å². The molecule has 3 nitrogen and oxygen atoms in total. The number of piperazine rings is 1. The summed E-state index contributed by atoms with van der Waals surface area (Å²) in [6.07, 6.45) is 1.14. The number of para-hydroxylation sites is 1. The highest BCUT2D eigenvalue weighted by Crippen LogP contribution is 2.32. The Morgan fingerprint density at radius 1 is 1.22 bits per heavy atom. The zero-order valence-electron chi connectivity index (χ0n) is 11.0. The summed E-state index contributed by atoms with van der Waals surface area (Å²) in [6, 6.07) is 11.8. The van der Waals surface area contributed by atoms with Crippen LogP contribution < -0.4 is 4.90 Å². The molecular weight excluding hydrogens is 224 g/mol. The predicted molar refractivity (Wildman–Crippen MR) is 73.8 cm³/mol. The Morgan fingerprint density at radius 2 is 2.00 bits per heavy atom. The lowest BCUT2D eigenvalue weighted by Crippen LogP contribution is -2.56. The number of aliphatic hydroxyl groups excluding tert-OH is 1. The quantitative estimate of drug-likeness (QED) is 0.858.